The molecule has 4 heterocycles. The Hall–Kier alpha value is -5.25. The Kier molecular flexibility index (Phi) is 9.39. The molecule has 276 valence electrons. The standard InChI is InChI=1S/C43H49N5O5/c1-42(2,3)53-41(50)46-27-23-43(24-28-46)21-25-45(26-22-43)34-15-10-16-35-38(34)47(33-17-18-33)40(49)48(35)36-19-20-37(51-29-31-11-6-4-7-12-31)44-39(36)52-30-32-13-8-5-9-14-32/h4-16,19-20,33H,17-18,21-30H2,1-3H3. The van der Waals surface area contributed by atoms with Gasteiger partial charge >= 0.3 is 11.8 Å². The Balaban J connectivity index is 1.08. The van der Waals surface area contributed by atoms with Gasteiger partial charge < -0.3 is 24.0 Å². The van der Waals surface area contributed by atoms with Crippen LogP contribution < -0.4 is 20.1 Å². The fraction of sp³-hybridized carbons (Fsp3) is 0.419. The SMILES string of the molecule is CC(C)(C)OC(=O)N1CCC2(CC1)CCN(c1cccc3c1n(C1CC1)c(=O)n3-c1ccc(OCc3ccccc3)nc1OCc1ccccc1)CC2. The van der Waals surface area contributed by atoms with Gasteiger partial charge in [-0.05, 0) is 94.0 Å². The van der Waals surface area contributed by atoms with Gasteiger partial charge in [-0.15, -0.1) is 0 Å². The van der Waals surface area contributed by atoms with E-state index in [-0.39, 0.29) is 23.2 Å². The van der Waals surface area contributed by atoms with Gasteiger partial charge in [0, 0.05) is 38.3 Å². The van der Waals surface area contributed by atoms with Crippen molar-refractivity contribution in [1.82, 2.24) is 19.0 Å². The summed E-state index contributed by atoms with van der Waals surface area (Å²) in [4.78, 5) is 36.5. The average Bonchev–Trinajstić information content (AvgIpc) is 3.96. The quantitative estimate of drug-likeness (QED) is 0.152. The number of likely N-dealkylation sites (tertiary alicyclic amines) is 1. The second-order valence-electron chi connectivity index (χ2n) is 15.8. The summed E-state index contributed by atoms with van der Waals surface area (Å²) in [7, 11) is 0. The molecule has 8 rings (SSSR count). The molecule has 0 unspecified atom stereocenters. The molecule has 3 aromatic carbocycles. The van der Waals surface area contributed by atoms with Crippen molar-refractivity contribution in [3.05, 3.63) is 113 Å². The molecule has 0 radical (unpaired) electrons. The predicted octanol–water partition coefficient (Wildman–Crippen LogP) is 8.30. The Bertz CT molecular complexity index is 2120. The largest absolute Gasteiger partial charge is 0.473 e. The van der Waals surface area contributed by atoms with E-state index in [1.807, 2.05) is 109 Å². The number of benzene rings is 3. The minimum atomic E-state index is -0.494. The number of hydrogen-bond acceptors (Lipinski definition) is 7. The van der Waals surface area contributed by atoms with Crippen molar-refractivity contribution in [2.24, 2.45) is 5.41 Å². The molecule has 5 aromatic rings. The summed E-state index contributed by atoms with van der Waals surface area (Å²) in [5.41, 5.74) is 5.17. The number of rotatable bonds is 9. The first kappa shape index (κ1) is 34.8. The van der Waals surface area contributed by atoms with Crippen LogP contribution in [0.15, 0.2) is 95.8 Å². The number of carbonyl (C=O) groups excluding carboxylic acids is 1. The van der Waals surface area contributed by atoms with Gasteiger partial charge in [-0.1, -0.05) is 66.7 Å². The van der Waals surface area contributed by atoms with E-state index in [1.54, 1.807) is 4.57 Å². The molecule has 0 bridgehead atoms. The monoisotopic (exact) mass is 715 g/mol. The first-order chi connectivity index (χ1) is 25.7. The summed E-state index contributed by atoms with van der Waals surface area (Å²) >= 11 is 0. The molecule has 2 aliphatic heterocycles. The van der Waals surface area contributed by atoms with E-state index >= 15 is 0 Å². The first-order valence-electron chi connectivity index (χ1n) is 19.0. The number of para-hydroxylation sites is 1. The molecular weight excluding hydrogens is 667 g/mol. The molecule has 3 aliphatic rings. The van der Waals surface area contributed by atoms with Crippen molar-refractivity contribution in [2.45, 2.75) is 84.2 Å². The van der Waals surface area contributed by atoms with Crippen LogP contribution in [0.5, 0.6) is 11.8 Å². The number of fused-ring (bicyclic) bond motifs is 1. The average molecular weight is 716 g/mol. The molecule has 0 N–H and O–H groups in total. The van der Waals surface area contributed by atoms with Gasteiger partial charge in [-0.3, -0.25) is 9.13 Å². The molecule has 10 nitrogen and oxygen atoms in total. The molecule has 1 saturated carbocycles. The number of nitrogens with zero attached hydrogens (tertiary/aromatic N) is 5. The van der Waals surface area contributed by atoms with E-state index < -0.39 is 5.60 Å². The molecule has 1 aliphatic carbocycles. The van der Waals surface area contributed by atoms with E-state index in [1.165, 1.54) is 0 Å². The number of pyridine rings is 1. The van der Waals surface area contributed by atoms with Gasteiger partial charge in [0.15, 0.2) is 0 Å². The third kappa shape index (κ3) is 7.50. The number of piperidine rings is 2. The van der Waals surface area contributed by atoms with Crippen LogP contribution in [0.2, 0.25) is 0 Å². The number of anilines is 1. The number of carbonyl (C=O) groups is 1. The Labute approximate surface area is 310 Å². The lowest BCUT2D eigenvalue weighted by molar-refractivity contribution is 0.00666. The van der Waals surface area contributed by atoms with Crippen molar-refractivity contribution >= 4 is 22.8 Å². The molecule has 2 saturated heterocycles. The summed E-state index contributed by atoms with van der Waals surface area (Å²) in [5, 5.41) is 0. The number of ether oxygens (including phenoxy) is 3. The zero-order valence-electron chi connectivity index (χ0n) is 31.0. The van der Waals surface area contributed by atoms with Crippen LogP contribution in [0.1, 0.15) is 76.5 Å². The van der Waals surface area contributed by atoms with Gasteiger partial charge in [0.2, 0.25) is 11.8 Å². The maximum Gasteiger partial charge on any atom is 0.410 e. The van der Waals surface area contributed by atoms with Crippen LogP contribution in [0, 0.1) is 5.41 Å². The summed E-state index contributed by atoms with van der Waals surface area (Å²) in [6.07, 6.45) is 5.81. The predicted molar refractivity (Wildman–Crippen MR) is 206 cm³/mol. The minimum absolute atomic E-state index is 0.0812. The maximum absolute atomic E-state index is 14.6. The minimum Gasteiger partial charge on any atom is -0.473 e. The summed E-state index contributed by atoms with van der Waals surface area (Å²) in [6, 6.07) is 30.1. The summed E-state index contributed by atoms with van der Waals surface area (Å²) in [6.45, 7) is 9.67. The number of hydrogen-bond donors (Lipinski definition) is 0. The third-order valence-electron chi connectivity index (χ3n) is 10.9. The van der Waals surface area contributed by atoms with Crippen LogP contribution in [0.3, 0.4) is 0 Å². The lowest BCUT2D eigenvalue weighted by Gasteiger charge is -2.47. The van der Waals surface area contributed by atoms with Crippen molar-refractivity contribution in [3.8, 4) is 17.4 Å². The second kappa shape index (κ2) is 14.3. The highest BCUT2D eigenvalue weighted by Gasteiger charge is 2.40. The van der Waals surface area contributed by atoms with Gasteiger partial charge in [0.25, 0.3) is 0 Å². The van der Waals surface area contributed by atoms with E-state index in [0.717, 1.165) is 92.6 Å². The van der Waals surface area contributed by atoms with Crippen molar-refractivity contribution in [3.63, 3.8) is 0 Å². The molecular formula is C43H49N5O5. The van der Waals surface area contributed by atoms with Gasteiger partial charge in [-0.2, -0.15) is 4.98 Å². The lowest BCUT2D eigenvalue weighted by atomic mass is 9.71. The van der Waals surface area contributed by atoms with E-state index in [2.05, 4.69) is 17.0 Å². The Morgan fingerprint density at radius 2 is 1.38 bits per heavy atom. The summed E-state index contributed by atoms with van der Waals surface area (Å²) < 4.78 is 22.0. The maximum atomic E-state index is 14.6. The van der Waals surface area contributed by atoms with Crippen molar-refractivity contribution in [1.29, 1.82) is 0 Å². The smallest absolute Gasteiger partial charge is 0.410 e. The number of amides is 1. The van der Waals surface area contributed by atoms with Crippen molar-refractivity contribution < 1.29 is 19.0 Å². The van der Waals surface area contributed by atoms with E-state index in [0.29, 0.717) is 30.7 Å². The topological polar surface area (TPSA) is 91.1 Å². The number of imidazole rings is 1. The molecule has 10 heteroatoms. The van der Waals surface area contributed by atoms with E-state index in [4.69, 9.17) is 19.2 Å². The fourth-order valence-electron chi connectivity index (χ4n) is 7.86. The first-order valence-corrected chi connectivity index (χ1v) is 19.0. The fourth-order valence-corrected chi connectivity index (χ4v) is 7.86. The lowest BCUT2D eigenvalue weighted by Crippen LogP contribution is -2.49. The van der Waals surface area contributed by atoms with Crippen molar-refractivity contribution in [2.75, 3.05) is 31.1 Å². The molecule has 53 heavy (non-hydrogen) atoms. The van der Waals surface area contributed by atoms with Gasteiger partial charge in [-0.25, -0.2) is 9.59 Å². The van der Waals surface area contributed by atoms with Crippen LogP contribution in [0.4, 0.5) is 10.5 Å². The van der Waals surface area contributed by atoms with Crippen LogP contribution in [-0.2, 0) is 18.0 Å². The van der Waals surface area contributed by atoms with Crippen LogP contribution >= 0.6 is 0 Å². The zero-order chi connectivity index (χ0) is 36.6. The van der Waals surface area contributed by atoms with Crippen LogP contribution in [-0.4, -0.2) is 56.9 Å². The normalized spacial score (nSPS) is 17.3. The third-order valence-corrected chi connectivity index (χ3v) is 10.9. The molecule has 1 spiro atoms. The highest BCUT2D eigenvalue weighted by atomic mass is 16.6. The molecule has 2 aromatic heterocycles. The Morgan fingerprint density at radius 1 is 0.755 bits per heavy atom. The van der Waals surface area contributed by atoms with Gasteiger partial charge in [0.1, 0.15) is 24.5 Å². The Morgan fingerprint density at radius 3 is 2.00 bits per heavy atom. The second-order valence-corrected chi connectivity index (χ2v) is 15.8. The highest BCUT2D eigenvalue weighted by Crippen LogP contribution is 2.45. The summed E-state index contributed by atoms with van der Waals surface area (Å²) in [5.74, 6) is 0.777. The number of aromatic nitrogens is 3. The van der Waals surface area contributed by atoms with Gasteiger partial charge in [0.05, 0.1) is 16.7 Å². The molecule has 1 amide bonds. The molecule has 3 fully saturated rings. The van der Waals surface area contributed by atoms with Crippen LogP contribution in [0.25, 0.3) is 16.7 Å². The molecule has 0 atom stereocenters. The zero-order valence-corrected chi connectivity index (χ0v) is 31.0. The van der Waals surface area contributed by atoms with E-state index in [9.17, 15) is 9.59 Å². The highest BCUT2D eigenvalue weighted by molar-refractivity contribution is 5.91.